The highest BCUT2D eigenvalue weighted by atomic mass is 32.2. The highest BCUT2D eigenvalue weighted by Crippen LogP contribution is 2.24. The van der Waals surface area contributed by atoms with Crippen LogP contribution < -0.4 is 4.31 Å². The van der Waals surface area contributed by atoms with Crippen molar-refractivity contribution in [2.75, 3.05) is 17.9 Å². The van der Waals surface area contributed by atoms with E-state index >= 15 is 0 Å². The second kappa shape index (κ2) is 7.95. The van der Waals surface area contributed by atoms with Crippen molar-refractivity contribution in [1.82, 2.24) is 4.90 Å². The number of carbonyl (C=O) groups excluding carboxylic acids is 1. The number of sulfonamides is 1. The first-order valence-electron chi connectivity index (χ1n) is 9.88. The number of aryl methyl sites for hydroxylation is 1. The summed E-state index contributed by atoms with van der Waals surface area (Å²) in [4.78, 5) is 15.0. The minimum atomic E-state index is -3.66. The van der Waals surface area contributed by atoms with Crippen molar-refractivity contribution in [3.8, 4) is 0 Å². The fraction of sp³-hybridized carbons (Fsp3) is 0.208. The van der Waals surface area contributed by atoms with E-state index in [0.29, 0.717) is 24.3 Å². The van der Waals surface area contributed by atoms with Crippen LogP contribution in [0.5, 0.6) is 0 Å². The maximum absolute atomic E-state index is 12.9. The molecule has 6 heteroatoms. The van der Waals surface area contributed by atoms with Crippen LogP contribution in [0.1, 0.15) is 27.0 Å². The molecule has 0 unspecified atom stereocenters. The summed E-state index contributed by atoms with van der Waals surface area (Å²) in [5.74, 6) is -0.0416. The topological polar surface area (TPSA) is 57.7 Å². The lowest BCUT2D eigenvalue weighted by Gasteiger charge is -2.29. The van der Waals surface area contributed by atoms with Crippen molar-refractivity contribution >= 4 is 21.6 Å². The molecule has 0 fully saturated rings. The molecule has 1 aliphatic rings. The largest absolute Gasteiger partial charge is 0.334 e. The Morgan fingerprint density at radius 3 is 2.20 bits per heavy atom. The van der Waals surface area contributed by atoms with Crippen molar-refractivity contribution in [3.05, 3.63) is 95.1 Å². The standard InChI is InChI=1S/C24H24N2O3S/c1-18-7-13-23(14-8-18)30(28,29)25(2)22-11-9-20(10-12-22)24(27)26-16-15-19-5-3-4-6-21(19)17-26/h3-14H,15-17H2,1-2H3. The number of benzene rings is 3. The molecule has 154 valence electrons. The molecule has 0 aliphatic carbocycles. The second-order valence-corrected chi connectivity index (χ2v) is 9.55. The lowest BCUT2D eigenvalue weighted by molar-refractivity contribution is 0.0734. The van der Waals surface area contributed by atoms with Gasteiger partial charge in [0.1, 0.15) is 0 Å². The van der Waals surface area contributed by atoms with Crippen LogP contribution in [0.15, 0.2) is 77.7 Å². The molecule has 0 bridgehead atoms. The number of fused-ring (bicyclic) bond motifs is 1. The highest BCUT2D eigenvalue weighted by molar-refractivity contribution is 7.92. The SMILES string of the molecule is Cc1ccc(S(=O)(=O)N(C)c2ccc(C(=O)N3CCc4ccccc4C3)cc2)cc1. The molecule has 0 spiro atoms. The quantitative estimate of drug-likeness (QED) is 0.641. The van der Waals surface area contributed by atoms with Gasteiger partial charge in [-0.3, -0.25) is 9.10 Å². The van der Waals surface area contributed by atoms with Gasteiger partial charge in [-0.1, -0.05) is 42.0 Å². The molecule has 30 heavy (non-hydrogen) atoms. The Kier molecular flexibility index (Phi) is 5.35. The van der Waals surface area contributed by atoms with Gasteiger partial charge in [0.05, 0.1) is 10.6 Å². The molecule has 1 amide bonds. The average molecular weight is 421 g/mol. The van der Waals surface area contributed by atoms with E-state index in [1.807, 2.05) is 24.0 Å². The molecular formula is C24H24N2O3S. The normalized spacial score (nSPS) is 13.6. The van der Waals surface area contributed by atoms with Gasteiger partial charge in [-0.25, -0.2) is 8.42 Å². The second-order valence-electron chi connectivity index (χ2n) is 7.58. The molecule has 3 aromatic carbocycles. The van der Waals surface area contributed by atoms with E-state index in [1.165, 1.54) is 22.5 Å². The maximum atomic E-state index is 12.9. The average Bonchev–Trinajstić information content (AvgIpc) is 2.78. The summed E-state index contributed by atoms with van der Waals surface area (Å²) in [7, 11) is -2.14. The molecule has 0 N–H and O–H groups in total. The van der Waals surface area contributed by atoms with E-state index in [0.717, 1.165) is 12.0 Å². The van der Waals surface area contributed by atoms with Crippen molar-refractivity contribution in [3.63, 3.8) is 0 Å². The third-order valence-electron chi connectivity index (χ3n) is 5.58. The van der Waals surface area contributed by atoms with Crippen LogP contribution in [0.4, 0.5) is 5.69 Å². The molecule has 1 aliphatic heterocycles. The van der Waals surface area contributed by atoms with E-state index in [1.54, 1.807) is 48.5 Å². The van der Waals surface area contributed by atoms with Crippen molar-refractivity contribution in [2.24, 2.45) is 0 Å². The summed E-state index contributed by atoms with van der Waals surface area (Å²) in [5, 5.41) is 0. The predicted molar refractivity (Wildman–Crippen MR) is 118 cm³/mol. The van der Waals surface area contributed by atoms with E-state index in [-0.39, 0.29) is 10.8 Å². The number of anilines is 1. The number of rotatable bonds is 4. The first-order valence-corrected chi connectivity index (χ1v) is 11.3. The summed E-state index contributed by atoms with van der Waals surface area (Å²) >= 11 is 0. The maximum Gasteiger partial charge on any atom is 0.264 e. The van der Waals surface area contributed by atoms with Gasteiger partial charge >= 0.3 is 0 Å². The molecular weight excluding hydrogens is 396 g/mol. The molecule has 0 atom stereocenters. The Morgan fingerprint density at radius 1 is 0.900 bits per heavy atom. The van der Waals surface area contributed by atoms with E-state index in [4.69, 9.17) is 0 Å². The Hall–Kier alpha value is -3.12. The molecule has 4 rings (SSSR count). The van der Waals surface area contributed by atoms with E-state index in [9.17, 15) is 13.2 Å². The smallest absolute Gasteiger partial charge is 0.264 e. The van der Waals surface area contributed by atoms with Gasteiger partial charge in [0.2, 0.25) is 0 Å². The lowest BCUT2D eigenvalue weighted by atomic mass is 9.99. The van der Waals surface area contributed by atoms with Gasteiger partial charge in [0.15, 0.2) is 0 Å². The third kappa shape index (κ3) is 3.83. The van der Waals surface area contributed by atoms with Crippen molar-refractivity contribution in [1.29, 1.82) is 0 Å². The summed E-state index contributed by atoms with van der Waals surface area (Å²) in [5.41, 5.74) is 4.53. The fourth-order valence-corrected chi connectivity index (χ4v) is 4.87. The van der Waals surface area contributed by atoms with Crippen molar-refractivity contribution in [2.45, 2.75) is 24.8 Å². The number of carbonyl (C=O) groups is 1. The molecule has 0 saturated carbocycles. The molecule has 0 radical (unpaired) electrons. The fourth-order valence-electron chi connectivity index (χ4n) is 3.67. The zero-order valence-corrected chi connectivity index (χ0v) is 17.9. The first-order chi connectivity index (χ1) is 14.4. The van der Waals surface area contributed by atoms with Gasteiger partial charge in [0.25, 0.3) is 15.9 Å². The third-order valence-corrected chi connectivity index (χ3v) is 7.37. The minimum absolute atomic E-state index is 0.0416. The van der Waals surface area contributed by atoms with Crippen LogP contribution in [0.25, 0.3) is 0 Å². The Labute approximate surface area is 177 Å². The van der Waals surface area contributed by atoms with Crippen LogP contribution >= 0.6 is 0 Å². The Balaban J connectivity index is 1.51. The van der Waals surface area contributed by atoms with Crippen LogP contribution in [0.2, 0.25) is 0 Å². The molecule has 1 heterocycles. The van der Waals surface area contributed by atoms with Crippen LogP contribution in [-0.2, 0) is 23.0 Å². The molecule has 0 saturated heterocycles. The van der Waals surface area contributed by atoms with Gasteiger partial charge < -0.3 is 4.90 Å². The van der Waals surface area contributed by atoms with E-state index < -0.39 is 10.0 Å². The van der Waals surface area contributed by atoms with Gasteiger partial charge in [-0.15, -0.1) is 0 Å². The van der Waals surface area contributed by atoms with E-state index in [2.05, 4.69) is 12.1 Å². The molecule has 0 aromatic heterocycles. The van der Waals surface area contributed by atoms with Crippen LogP contribution in [0, 0.1) is 6.92 Å². The Bertz CT molecular complexity index is 1170. The highest BCUT2D eigenvalue weighted by Gasteiger charge is 2.23. The van der Waals surface area contributed by atoms with Gasteiger partial charge in [0, 0.05) is 25.7 Å². The van der Waals surface area contributed by atoms with Crippen LogP contribution in [0.3, 0.4) is 0 Å². The predicted octanol–water partition coefficient (Wildman–Crippen LogP) is 4.02. The number of hydrogen-bond donors (Lipinski definition) is 0. The van der Waals surface area contributed by atoms with Crippen LogP contribution in [-0.4, -0.2) is 32.8 Å². The van der Waals surface area contributed by atoms with Gasteiger partial charge in [-0.05, 0) is 60.9 Å². The first kappa shape index (κ1) is 20.2. The Morgan fingerprint density at radius 2 is 1.53 bits per heavy atom. The number of amides is 1. The number of nitrogens with zero attached hydrogens (tertiary/aromatic N) is 2. The zero-order chi connectivity index (χ0) is 21.3. The molecule has 5 nitrogen and oxygen atoms in total. The summed E-state index contributed by atoms with van der Waals surface area (Å²) in [6.07, 6.45) is 0.845. The monoisotopic (exact) mass is 420 g/mol. The summed E-state index contributed by atoms with van der Waals surface area (Å²) in [6, 6.07) is 21.7. The molecule has 3 aromatic rings. The minimum Gasteiger partial charge on any atom is -0.334 e. The van der Waals surface area contributed by atoms with Gasteiger partial charge in [-0.2, -0.15) is 0 Å². The summed E-state index contributed by atoms with van der Waals surface area (Å²) < 4.78 is 27.0. The zero-order valence-electron chi connectivity index (χ0n) is 17.1. The van der Waals surface area contributed by atoms with Crippen molar-refractivity contribution < 1.29 is 13.2 Å². The summed E-state index contributed by atoms with van der Waals surface area (Å²) in [6.45, 7) is 3.19. The lowest BCUT2D eigenvalue weighted by Crippen LogP contribution is -2.36. The number of hydrogen-bond acceptors (Lipinski definition) is 3.